The Labute approximate surface area is 420 Å². The molecular weight excluding hydrogens is 969 g/mol. The average molecular weight is 1030 g/mol. The Morgan fingerprint density at radius 2 is 1.03 bits per heavy atom. The third-order valence-corrected chi connectivity index (χ3v) is 10.3. The minimum absolute atomic E-state index is 0. The molecule has 4 heterocycles. The zero-order valence-corrected chi connectivity index (χ0v) is 43.2. The van der Waals surface area contributed by atoms with E-state index in [-0.39, 0.29) is 52.6 Å². The van der Waals surface area contributed by atoms with Crippen LogP contribution in [0.3, 0.4) is 0 Å². The second-order valence-electron chi connectivity index (χ2n) is 14.3. The molecule has 2 saturated heterocycles. The van der Waals surface area contributed by atoms with Gasteiger partial charge in [0, 0.05) is 60.8 Å². The van der Waals surface area contributed by atoms with Crippen LogP contribution >= 0.6 is 15.9 Å². The van der Waals surface area contributed by atoms with Crippen LogP contribution in [0, 0.1) is 6.07 Å². The topological polar surface area (TPSA) is 164 Å². The first-order chi connectivity index (χ1) is 30.9. The molecule has 8 rings (SSSR count). The van der Waals surface area contributed by atoms with Gasteiger partial charge in [-0.1, -0.05) is 76.6 Å². The van der Waals surface area contributed by atoms with Crippen molar-refractivity contribution in [1.82, 2.24) is 41.2 Å². The maximum Gasteiger partial charge on any atom is 2.00 e. The third kappa shape index (κ3) is 21.3. The van der Waals surface area contributed by atoms with Crippen LogP contribution in [0.5, 0.6) is 0 Å². The van der Waals surface area contributed by atoms with Gasteiger partial charge in [-0.3, -0.25) is 0 Å². The molecule has 2 fully saturated rings. The summed E-state index contributed by atoms with van der Waals surface area (Å²) < 4.78 is 33.7. The van der Waals surface area contributed by atoms with Gasteiger partial charge in [0.15, 0.2) is 12.6 Å². The number of aromatic amines is 2. The van der Waals surface area contributed by atoms with Gasteiger partial charge in [-0.2, -0.15) is 40.8 Å². The molecular formula is C48H64Br2MgN8O6. The molecule has 0 saturated carbocycles. The van der Waals surface area contributed by atoms with Gasteiger partial charge in [0.2, 0.25) is 11.6 Å². The van der Waals surface area contributed by atoms with Gasteiger partial charge >= 0.3 is 23.1 Å². The molecule has 0 spiro atoms. The van der Waals surface area contributed by atoms with Crippen molar-refractivity contribution in [2.45, 2.75) is 105 Å². The van der Waals surface area contributed by atoms with Gasteiger partial charge in [0.05, 0.1) is 12.2 Å². The van der Waals surface area contributed by atoms with E-state index in [2.05, 4.69) is 89.2 Å². The quantitative estimate of drug-likeness (QED) is 0.0664. The molecule has 348 valence electrons. The van der Waals surface area contributed by atoms with Crippen molar-refractivity contribution >= 4 is 39.0 Å². The standard InChI is InChI=1S/C18H20N4O2.C11H15O2.C7H5BrN4.2C6H12O.BrH.Mg/c1-3-23-18(24-4-2)14-11-9-13(10-12-14)15-7-5-6-8-16(15)17-19-21-22-20-17;1-3-12-11(13-4-2)10-8-6-5-7-9-10;8-6-4-2-1-3-5(6)7-9-11-12-10-7;2*1-6-4-2-3-5-7-6;;/h5-12,18H,3-4H2,1-2H3,(H,19,20,21,22);6-9,11H,3-4H2,1-2H3;1-4H,(H,9,10,11,12);2*6H,2-5H2,1H3;1H;/q;-1;;;;;+2/p-1. The normalized spacial score (nSPS) is 15.2. The number of tetrazole rings is 2. The van der Waals surface area contributed by atoms with Gasteiger partial charge in [-0.25, -0.2) is 0 Å². The molecule has 14 nitrogen and oxygen atoms in total. The van der Waals surface area contributed by atoms with E-state index < -0.39 is 0 Å². The molecule has 2 atom stereocenters. The number of ether oxygens (including phenoxy) is 6. The summed E-state index contributed by atoms with van der Waals surface area (Å²) in [6.45, 7) is 16.6. The minimum atomic E-state index is -0.332. The molecule has 2 N–H and O–H groups in total. The van der Waals surface area contributed by atoms with Crippen molar-refractivity contribution in [1.29, 1.82) is 0 Å². The van der Waals surface area contributed by atoms with Gasteiger partial charge in [0.1, 0.15) is 0 Å². The van der Waals surface area contributed by atoms with Crippen molar-refractivity contribution in [3.05, 3.63) is 119 Å². The number of halogens is 2. The van der Waals surface area contributed by atoms with Gasteiger partial charge in [0.25, 0.3) is 0 Å². The number of nitrogens with zero attached hydrogens (tertiary/aromatic N) is 6. The summed E-state index contributed by atoms with van der Waals surface area (Å²) in [6, 6.07) is 34.5. The van der Waals surface area contributed by atoms with Crippen molar-refractivity contribution < 1.29 is 45.4 Å². The Hall–Kier alpha value is -3.49. The number of nitrogens with one attached hydrogen (secondary N) is 2. The maximum atomic E-state index is 5.64. The number of hydrogen-bond donors (Lipinski definition) is 2. The zero-order valence-electron chi connectivity index (χ0n) is 38.6. The Morgan fingerprint density at radius 1 is 0.600 bits per heavy atom. The molecule has 2 aliphatic heterocycles. The van der Waals surface area contributed by atoms with Crippen LogP contribution in [0.1, 0.15) is 104 Å². The van der Waals surface area contributed by atoms with E-state index in [0.717, 1.165) is 51.1 Å². The van der Waals surface area contributed by atoms with Crippen LogP contribution in [0.25, 0.3) is 33.9 Å². The molecule has 0 amide bonds. The van der Waals surface area contributed by atoms with E-state index in [9.17, 15) is 0 Å². The minimum Gasteiger partial charge on any atom is -1.00 e. The predicted molar refractivity (Wildman–Crippen MR) is 254 cm³/mol. The number of H-pyrrole nitrogens is 2. The Morgan fingerprint density at radius 3 is 1.42 bits per heavy atom. The fourth-order valence-corrected chi connectivity index (χ4v) is 6.85. The maximum absolute atomic E-state index is 5.64. The third-order valence-electron chi connectivity index (χ3n) is 9.57. The Bertz CT molecular complexity index is 2000. The average Bonchev–Trinajstić information content (AvgIpc) is 4.08. The molecule has 17 heteroatoms. The summed E-state index contributed by atoms with van der Waals surface area (Å²) in [6.07, 6.45) is 8.30. The Kier molecular flexibility index (Phi) is 30.8. The van der Waals surface area contributed by atoms with Gasteiger partial charge in [-0.05, 0) is 114 Å². The second-order valence-corrected chi connectivity index (χ2v) is 15.1. The van der Waals surface area contributed by atoms with Gasteiger partial charge in [-0.15, -0.1) is 26.0 Å². The van der Waals surface area contributed by atoms with Crippen molar-refractivity contribution in [2.24, 2.45) is 0 Å². The molecule has 4 aromatic carbocycles. The van der Waals surface area contributed by atoms with Crippen LogP contribution < -0.4 is 17.0 Å². The molecule has 0 bridgehead atoms. The summed E-state index contributed by atoms with van der Waals surface area (Å²) in [5.74, 6) is 1.18. The summed E-state index contributed by atoms with van der Waals surface area (Å²) in [5.41, 5.74) is 6.04. The zero-order chi connectivity index (χ0) is 44.9. The van der Waals surface area contributed by atoms with E-state index in [1.54, 1.807) is 0 Å². The molecule has 2 unspecified atom stereocenters. The van der Waals surface area contributed by atoms with Crippen LogP contribution in [-0.2, 0) is 28.4 Å². The van der Waals surface area contributed by atoms with Gasteiger partial charge < -0.3 is 45.4 Å². The SMILES string of the molecule is Brc1ccccc1-c1nn[nH]n1.CC1CCCCO1.CC1CCCCO1.CCOC(OCC)c1cc[c-]cc1.CCOC(OCC)c1ccc(-c2ccccc2-c2nn[nH]n2)cc1.[Br-].[Mg+2]. The molecule has 0 radical (unpaired) electrons. The fraction of sp³-hybridized carbons (Fsp3) is 0.458. The summed E-state index contributed by atoms with van der Waals surface area (Å²) in [4.78, 5) is 0. The summed E-state index contributed by atoms with van der Waals surface area (Å²) in [7, 11) is 0. The molecule has 0 aliphatic carbocycles. The predicted octanol–water partition coefficient (Wildman–Crippen LogP) is 7.57. The van der Waals surface area contributed by atoms with Crippen LogP contribution in [-0.4, -0.2) is 116 Å². The first-order valence-electron chi connectivity index (χ1n) is 21.9. The summed E-state index contributed by atoms with van der Waals surface area (Å²) >= 11 is 3.40. The van der Waals surface area contributed by atoms with Crippen LogP contribution in [0.2, 0.25) is 0 Å². The number of hydrogen-bond acceptors (Lipinski definition) is 12. The van der Waals surface area contributed by atoms with E-state index >= 15 is 0 Å². The van der Waals surface area contributed by atoms with E-state index in [0.29, 0.717) is 50.3 Å². The molecule has 2 aliphatic rings. The van der Waals surface area contributed by atoms with Crippen LogP contribution in [0.15, 0.2) is 102 Å². The molecule has 2 aromatic heterocycles. The van der Waals surface area contributed by atoms with Crippen LogP contribution in [0.4, 0.5) is 0 Å². The van der Waals surface area contributed by atoms with E-state index in [4.69, 9.17) is 28.4 Å². The van der Waals surface area contributed by atoms with E-state index in [1.165, 1.54) is 38.5 Å². The van der Waals surface area contributed by atoms with Crippen molar-refractivity contribution in [2.75, 3.05) is 39.6 Å². The first-order valence-corrected chi connectivity index (χ1v) is 22.7. The number of rotatable bonds is 13. The first kappa shape index (κ1) is 57.6. The largest absolute Gasteiger partial charge is 2.00 e. The second kappa shape index (κ2) is 34.8. The van der Waals surface area contributed by atoms with E-state index in [1.807, 2.05) is 113 Å². The fourth-order valence-electron chi connectivity index (χ4n) is 6.39. The molecule has 6 aromatic rings. The van der Waals surface area contributed by atoms with Crippen molar-refractivity contribution in [3.8, 4) is 33.9 Å². The number of benzene rings is 4. The smallest absolute Gasteiger partial charge is 1.00 e. The number of aromatic nitrogens is 8. The van der Waals surface area contributed by atoms with Crippen molar-refractivity contribution in [3.63, 3.8) is 0 Å². The summed E-state index contributed by atoms with van der Waals surface area (Å²) in [5, 5.41) is 27.9. The molecule has 65 heavy (non-hydrogen) atoms. The Balaban J connectivity index is 0.000000302. The monoisotopic (exact) mass is 1030 g/mol.